The molecule has 14 aromatic carbocycles. The fourth-order valence-electron chi connectivity index (χ4n) is 16.0. The van der Waals surface area contributed by atoms with Crippen LogP contribution in [-0.4, -0.2) is 0 Å². The van der Waals surface area contributed by atoms with E-state index in [4.69, 9.17) is 0 Å². The van der Waals surface area contributed by atoms with Crippen molar-refractivity contribution < 1.29 is 0 Å². The summed E-state index contributed by atoms with van der Waals surface area (Å²) in [6, 6.07) is 123. The molecule has 2 nitrogen and oxygen atoms in total. The lowest BCUT2D eigenvalue weighted by Crippen LogP contribution is -2.29. The molecule has 0 fully saturated rings. The zero-order valence-corrected chi connectivity index (χ0v) is 47.1. The van der Waals surface area contributed by atoms with Gasteiger partial charge in [0.15, 0.2) is 0 Å². The Hall–Kier alpha value is -11.1. The molecule has 4 aliphatic rings. The minimum Gasteiger partial charge on any atom is -0.310 e. The molecule has 400 valence electrons. The van der Waals surface area contributed by atoms with Gasteiger partial charge in [0.25, 0.3) is 0 Å². The predicted molar refractivity (Wildman–Crippen MR) is 358 cm³/mol. The molecule has 2 unspecified atom stereocenters. The second kappa shape index (κ2) is 18.7. The van der Waals surface area contributed by atoms with Crippen molar-refractivity contribution in [2.24, 2.45) is 0 Å². The van der Waals surface area contributed by atoms with Gasteiger partial charge in [-0.25, -0.2) is 0 Å². The van der Waals surface area contributed by atoms with E-state index in [9.17, 15) is 0 Å². The number of hydrogen-bond donors (Lipinski definition) is 0. The third-order valence-corrected chi connectivity index (χ3v) is 19.2. The van der Waals surface area contributed by atoms with Crippen molar-refractivity contribution in [2.75, 3.05) is 9.80 Å². The second-order valence-corrected chi connectivity index (χ2v) is 23.3. The van der Waals surface area contributed by atoms with E-state index in [1.54, 1.807) is 0 Å². The maximum absolute atomic E-state index is 2.59. The maximum atomic E-state index is 2.59. The van der Waals surface area contributed by atoms with E-state index in [1.807, 2.05) is 0 Å². The zero-order valence-electron chi connectivity index (χ0n) is 47.1. The first-order chi connectivity index (χ1) is 42.7. The molecule has 0 bridgehead atoms. The van der Waals surface area contributed by atoms with Crippen molar-refractivity contribution >= 4 is 66.8 Å². The molecule has 18 rings (SSSR count). The van der Waals surface area contributed by atoms with Crippen LogP contribution in [0.1, 0.15) is 44.5 Å². The summed E-state index contributed by atoms with van der Waals surface area (Å²) in [5.41, 5.74) is 28.1. The molecular formula is C84H54N2. The lowest BCUT2D eigenvalue weighted by atomic mass is 9.66. The molecule has 86 heavy (non-hydrogen) atoms. The number of hydrogen-bond acceptors (Lipinski definition) is 2. The number of nitrogens with zero attached hydrogens (tertiary/aromatic N) is 2. The van der Waals surface area contributed by atoms with Gasteiger partial charge < -0.3 is 9.80 Å². The zero-order chi connectivity index (χ0) is 56.5. The molecular weight excluding hydrogens is 1040 g/mol. The first-order valence-corrected chi connectivity index (χ1v) is 30.0. The Labute approximate surface area is 501 Å². The molecule has 0 amide bonds. The van der Waals surface area contributed by atoms with Gasteiger partial charge in [0.1, 0.15) is 0 Å². The number of para-hydroxylation sites is 4. The lowest BCUT2D eigenvalue weighted by molar-refractivity contribution is 0.826. The molecule has 2 atom stereocenters. The summed E-state index contributed by atoms with van der Waals surface area (Å²) in [6.07, 6.45) is 0. The van der Waals surface area contributed by atoms with Crippen LogP contribution in [0.15, 0.2) is 328 Å². The van der Waals surface area contributed by atoms with Gasteiger partial charge in [0.05, 0.1) is 22.2 Å². The standard InChI is InChI=1S/C84H54N2/c1-5-25-55(26-6-1)63-35-19-23-43-77(63)85(59-31-9-3-10-32-59)61-47-49-69-75(53-61)83(71-41-21-17-39-67(71)79-65-37-15-13-29-57(65)45-51-73(79)83)82-70-50-48-62(86(60-33-11-4-12-34-60)78-44-24-20-36-64(78)56-27-7-2-8-28-56)54-76(70)84(81(69)82)72-42-22-18-40-68(72)80-66-38-16-14-30-58(66)46-52-74(80)84/h1-54H. The highest BCUT2D eigenvalue weighted by molar-refractivity contribution is 6.22. The Bertz CT molecular complexity index is 4800. The highest BCUT2D eigenvalue weighted by Crippen LogP contribution is 2.76. The van der Waals surface area contributed by atoms with E-state index in [2.05, 4.69) is 337 Å². The first kappa shape index (κ1) is 48.5. The largest absolute Gasteiger partial charge is 0.310 e. The second-order valence-electron chi connectivity index (χ2n) is 23.3. The minimum atomic E-state index is -0.759. The summed E-state index contributed by atoms with van der Waals surface area (Å²) in [7, 11) is 0. The van der Waals surface area contributed by atoms with E-state index in [1.165, 1.54) is 122 Å². The monoisotopic (exact) mass is 1090 g/mol. The molecule has 14 aromatic rings. The molecule has 4 aliphatic carbocycles. The van der Waals surface area contributed by atoms with Gasteiger partial charge in [0.2, 0.25) is 0 Å². The molecule has 0 saturated heterocycles. The van der Waals surface area contributed by atoms with Crippen LogP contribution >= 0.6 is 0 Å². The first-order valence-electron chi connectivity index (χ1n) is 30.0. The lowest BCUT2D eigenvalue weighted by Gasteiger charge is -2.37. The molecule has 2 spiro atoms. The Morgan fingerprint density at radius 3 is 0.988 bits per heavy atom. The SMILES string of the molecule is c1ccc(-c2ccccc2N(c2ccccc2)c2ccc3c(c2)C2(C4=C3C3(c5cc(N(c6ccccc6)c6ccccc6-c6ccccc6)ccc54)c4ccccc4-c4c3ccc3ccccc43)c3ccccc3-c3c2ccc2ccccc32)cc1. The molecule has 0 radical (unpaired) electrons. The normalized spacial score (nSPS) is 16.2. The Kier molecular flexibility index (Phi) is 10.6. The molecule has 0 heterocycles. The van der Waals surface area contributed by atoms with Gasteiger partial charge in [-0.1, -0.05) is 267 Å². The van der Waals surface area contributed by atoms with Crippen LogP contribution in [0.25, 0.3) is 77.2 Å². The molecule has 0 N–H and O–H groups in total. The van der Waals surface area contributed by atoms with Crippen molar-refractivity contribution in [1.82, 2.24) is 0 Å². The number of anilines is 6. The van der Waals surface area contributed by atoms with Crippen LogP contribution in [0.2, 0.25) is 0 Å². The van der Waals surface area contributed by atoms with E-state index in [0.717, 1.165) is 34.1 Å². The van der Waals surface area contributed by atoms with E-state index >= 15 is 0 Å². The van der Waals surface area contributed by atoms with Gasteiger partial charge >= 0.3 is 0 Å². The van der Waals surface area contributed by atoms with E-state index in [-0.39, 0.29) is 0 Å². The number of benzene rings is 14. The smallest absolute Gasteiger partial charge is 0.0729 e. The molecule has 0 saturated carbocycles. The quantitative estimate of drug-likeness (QED) is 0.150. The summed E-state index contributed by atoms with van der Waals surface area (Å²) < 4.78 is 0. The van der Waals surface area contributed by atoms with Crippen LogP contribution in [0.4, 0.5) is 34.1 Å². The van der Waals surface area contributed by atoms with Crippen LogP contribution in [-0.2, 0) is 10.8 Å². The predicted octanol–water partition coefficient (Wildman–Crippen LogP) is 21.8. The van der Waals surface area contributed by atoms with Gasteiger partial charge in [-0.3, -0.25) is 0 Å². The van der Waals surface area contributed by atoms with Crippen LogP contribution in [0, 0.1) is 0 Å². The Morgan fingerprint density at radius 2 is 0.558 bits per heavy atom. The van der Waals surface area contributed by atoms with Crippen LogP contribution in [0.3, 0.4) is 0 Å². The van der Waals surface area contributed by atoms with Crippen molar-refractivity contribution in [2.45, 2.75) is 10.8 Å². The number of allylic oxidation sites excluding steroid dienone is 2. The Morgan fingerprint density at radius 1 is 0.209 bits per heavy atom. The minimum absolute atomic E-state index is 0.759. The summed E-state index contributed by atoms with van der Waals surface area (Å²) in [5.74, 6) is 0. The Balaban J connectivity index is 0.991. The average molecular weight is 1090 g/mol. The van der Waals surface area contributed by atoms with Gasteiger partial charge in [-0.05, 0) is 171 Å². The van der Waals surface area contributed by atoms with Crippen molar-refractivity contribution in [3.63, 3.8) is 0 Å². The fraction of sp³-hybridized carbons (Fsp3) is 0.0238. The van der Waals surface area contributed by atoms with Crippen molar-refractivity contribution in [1.29, 1.82) is 0 Å². The fourth-order valence-corrected chi connectivity index (χ4v) is 16.0. The molecule has 0 aliphatic heterocycles. The molecule has 0 aromatic heterocycles. The van der Waals surface area contributed by atoms with Gasteiger partial charge in [-0.15, -0.1) is 0 Å². The summed E-state index contributed by atoms with van der Waals surface area (Å²) in [5, 5.41) is 5.01. The van der Waals surface area contributed by atoms with Gasteiger partial charge in [0, 0.05) is 33.9 Å². The topological polar surface area (TPSA) is 6.48 Å². The average Bonchev–Trinajstić information content (AvgIpc) is 1.47. The van der Waals surface area contributed by atoms with E-state index < -0.39 is 10.8 Å². The third kappa shape index (κ3) is 6.61. The van der Waals surface area contributed by atoms with Crippen LogP contribution in [0.5, 0.6) is 0 Å². The summed E-state index contributed by atoms with van der Waals surface area (Å²) >= 11 is 0. The number of fused-ring (bicyclic) bond motifs is 22. The van der Waals surface area contributed by atoms with Gasteiger partial charge in [-0.2, -0.15) is 0 Å². The van der Waals surface area contributed by atoms with Crippen LogP contribution < -0.4 is 9.80 Å². The van der Waals surface area contributed by atoms with E-state index in [0.29, 0.717) is 0 Å². The van der Waals surface area contributed by atoms with Crippen molar-refractivity contribution in [3.05, 3.63) is 372 Å². The molecule has 2 heteroatoms. The van der Waals surface area contributed by atoms with Crippen molar-refractivity contribution in [3.8, 4) is 44.5 Å². The highest BCUT2D eigenvalue weighted by Gasteiger charge is 2.64. The third-order valence-electron chi connectivity index (χ3n) is 19.2. The maximum Gasteiger partial charge on any atom is 0.0729 e. The number of rotatable bonds is 8. The summed E-state index contributed by atoms with van der Waals surface area (Å²) in [6.45, 7) is 0. The highest BCUT2D eigenvalue weighted by atomic mass is 15.2. The summed E-state index contributed by atoms with van der Waals surface area (Å²) in [4.78, 5) is 4.99.